The van der Waals surface area contributed by atoms with Gasteiger partial charge in [-0.25, -0.2) is 0 Å². The lowest BCUT2D eigenvalue weighted by molar-refractivity contribution is -0.384. The Balaban J connectivity index is 2.76. The second-order valence-corrected chi connectivity index (χ2v) is 4.84. The van der Waals surface area contributed by atoms with Gasteiger partial charge in [-0.15, -0.1) is 0 Å². The number of nitro groups is 1. The van der Waals surface area contributed by atoms with Gasteiger partial charge >= 0.3 is 0 Å². The summed E-state index contributed by atoms with van der Waals surface area (Å²) in [7, 11) is 3.46. The molecule has 0 spiro atoms. The smallest absolute Gasteiger partial charge is 0.292 e. The molecule has 116 valence electrons. The van der Waals surface area contributed by atoms with E-state index in [1.807, 2.05) is 24.9 Å². The van der Waals surface area contributed by atoms with E-state index in [2.05, 4.69) is 10.6 Å². The van der Waals surface area contributed by atoms with Crippen LogP contribution in [0.1, 0.15) is 18.9 Å². The van der Waals surface area contributed by atoms with E-state index in [1.165, 1.54) is 6.07 Å². The van der Waals surface area contributed by atoms with Crippen molar-refractivity contribution in [3.05, 3.63) is 33.9 Å². The Hall–Kier alpha value is -2.15. The van der Waals surface area contributed by atoms with Crippen LogP contribution in [0.5, 0.6) is 0 Å². The lowest BCUT2D eigenvalue weighted by Crippen LogP contribution is -2.35. The van der Waals surface area contributed by atoms with E-state index in [0.29, 0.717) is 18.8 Å². The van der Waals surface area contributed by atoms with Crippen LogP contribution in [0.25, 0.3) is 0 Å². The molecule has 0 saturated heterocycles. The average Bonchev–Trinajstić information content (AvgIpc) is 2.44. The lowest BCUT2D eigenvalue weighted by atomic mass is 10.1. The molecule has 0 saturated carbocycles. The van der Waals surface area contributed by atoms with E-state index >= 15 is 0 Å². The summed E-state index contributed by atoms with van der Waals surface area (Å²) in [4.78, 5) is 24.1. The molecule has 1 aromatic rings. The molecule has 0 atom stereocenters. The summed E-state index contributed by atoms with van der Waals surface area (Å²) in [6.07, 6.45) is 0.893. The minimum Gasteiger partial charge on any atom is -0.382 e. The number of hydrogen-bond donors (Lipinski definition) is 2. The monoisotopic (exact) mass is 294 g/mol. The summed E-state index contributed by atoms with van der Waals surface area (Å²) >= 11 is 0. The topological polar surface area (TPSA) is 87.5 Å². The van der Waals surface area contributed by atoms with Gasteiger partial charge in [0, 0.05) is 26.2 Å². The molecular formula is C14H22N4O3. The van der Waals surface area contributed by atoms with Gasteiger partial charge in [0.2, 0.25) is 5.91 Å². The summed E-state index contributed by atoms with van der Waals surface area (Å²) in [5, 5.41) is 16.7. The summed E-state index contributed by atoms with van der Waals surface area (Å²) in [5.41, 5.74) is 1.32. The zero-order valence-electron chi connectivity index (χ0n) is 12.7. The number of nitrogens with one attached hydrogen (secondary N) is 2. The first kappa shape index (κ1) is 16.9. The van der Waals surface area contributed by atoms with Gasteiger partial charge in [0.1, 0.15) is 5.69 Å². The highest BCUT2D eigenvalue weighted by atomic mass is 16.6. The third-order valence-electron chi connectivity index (χ3n) is 3.00. The number of carbonyl (C=O) groups is 1. The molecule has 0 aliphatic heterocycles. The Labute approximate surface area is 124 Å². The minimum absolute atomic E-state index is 0.0406. The summed E-state index contributed by atoms with van der Waals surface area (Å²) in [5.74, 6) is -0.0456. The van der Waals surface area contributed by atoms with Gasteiger partial charge in [0.05, 0.1) is 11.5 Å². The van der Waals surface area contributed by atoms with Crippen molar-refractivity contribution >= 4 is 17.3 Å². The van der Waals surface area contributed by atoms with Crippen LogP contribution in [-0.2, 0) is 11.3 Å². The summed E-state index contributed by atoms with van der Waals surface area (Å²) in [6.45, 7) is 3.36. The number of nitro benzene ring substituents is 1. The number of rotatable bonds is 8. The Kier molecular flexibility index (Phi) is 6.61. The van der Waals surface area contributed by atoms with Gasteiger partial charge in [-0.1, -0.05) is 19.1 Å². The van der Waals surface area contributed by atoms with Crippen molar-refractivity contribution in [1.29, 1.82) is 0 Å². The quantitative estimate of drug-likeness (QED) is 0.561. The second-order valence-electron chi connectivity index (χ2n) is 4.84. The van der Waals surface area contributed by atoms with Gasteiger partial charge in [0.25, 0.3) is 5.69 Å². The van der Waals surface area contributed by atoms with Crippen LogP contribution in [0.4, 0.5) is 11.4 Å². The highest BCUT2D eigenvalue weighted by Crippen LogP contribution is 2.28. The van der Waals surface area contributed by atoms with Crippen molar-refractivity contribution in [3.8, 4) is 0 Å². The number of carbonyl (C=O) groups excluding carboxylic acids is 1. The molecule has 0 unspecified atom stereocenters. The molecule has 0 radical (unpaired) electrons. The van der Waals surface area contributed by atoms with Crippen molar-refractivity contribution in [1.82, 2.24) is 10.2 Å². The van der Waals surface area contributed by atoms with E-state index in [0.717, 1.165) is 12.0 Å². The number of benzene rings is 1. The van der Waals surface area contributed by atoms with E-state index in [-0.39, 0.29) is 18.1 Å². The van der Waals surface area contributed by atoms with E-state index in [4.69, 9.17) is 0 Å². The van der Waals surface area contributed by atoms with Crippen LogP contribution in [0, 0.1) is 10.1 Å². The minimum atomic E-state index is -0.413. The molecule has 0 aromatic heterocycles. The fourth-order valence-electron chi connectivity index (χ4n) is 2.07. The third kappa shape index (κ3) is 5.03. The molecule has 1 rings (SSSR count). The molecule has 7 heteroatoms. The van der Waals surface area contributed by atoms with Crippen molar-refractivity contribution in [2.24, 2.45) is 0 Å². The first-order valence-electron chi connectivity index (χ1n) is 6.88. The number of para-hydroxylation sites is 1. The number of nitrogens with zero attached hydrogens (tertiary/aromatic N) is 2. The molecule has 1 amide bonds. The van der Waals surface area contributed by atoms with Crippen LogP contribution >= 0.6 is 0 Å². The van der Waals surface area contributed by atoms with Gasteiger partial charge in [0.15, 0.2) is 0 Å². The zero-order valence-corrected chi connectivity index (χ0v) is 12.7. The molecule has 0 aliphatic carbocycles. The Morgan fingerprint density at radius 2 is 2.14 bits per heavy atom. The van der Waals surface area contributed by atoms with E-state index < -0.39 is 4.92 Å². The molecule has 1 aromatic carbocycles. The number of amides is 1. The molecule has 21 heavy (non-hydrogen) atoms. The molecule has 7 nitrogen and oxygen atoms in total. The van der Waals surface area contributed by atoms with Crippen LogP contribution in [0.2, 0.25) is 0 Å². The fraction of sp³-hybridized carbons (Fsp3) is 0.500. The normalized spacial score (nSPS) is 10.5. The van der Waals surface area contributed by atoms with Gasteiger partial charge in [-0.05, 0) is 19.0 Å². The maximum Gasteiger partial charge on any atom is 0.292 e. The van der Waals surface area contributed by atoms with Gasteiger partial charge in [-0.3, -0.25) is 19.8 Å². The molecule has 2 N–H and O–H groups in total. The maximum atomic E-state index is 11.7. The summed E-state index contributed by atoms with van der Waals surface area (Å²) < 4.78 is 0. The van der Waals surface area contributed by atoms with E-state index in [9.17, 15) is 14.9 Å². The van der Waals surface area contributed by atoms with E-state index in [1.54, 1.807) is 13.1 Å². The Morgan fingerprint density at radius 1 is 1.43 bits per heavy atom. The largest absolute Gasteiger partial charge is 0.382 e. The molecular weight excluding hydrogens is 272 g/mol. The highest BCUT2D eigenvalue weighted by Gasteiger charge is 2.17. The van der Waals surface area contributed by atoms with Crippen molar-refractivity contribution < 1.29 is 9.72 Å². The predicted octanol–water partition coefficient (Wildman–Crippen LogP) is 1.59. The van der Waals surface area contributed by atoms with Gasteiger partial charge < -0.3 is 10.6 Å². The fourth-order valence-corrected chi connectivity index (χ4v) is 2.07. The van der Waals surface area contributed by atoms with Crippen LogP contribution in [0.3, 0.4) is 0 Å². The lowest BCUT2D eigenvalue weighted by Gasteiger charge is -2.18. The molecule has 0 aliphatic rings. The second kappa shape index (κ2) is 8.21. The number of hydrogen-bond acceptors (Lipinski definition) is 5. The molecule has 0 fully saturated rings. The first-order chi connectivity index (χ1) is 9.99. The average molecular weight is 294 g/mol. The zero-order chi connectivity index (χ0) is 15.8. The molecule has 0 bridgehead atoms. The SMILES string of the molecule is CCCNC(=O)CN(C)Cc1cccc([N+](=O)[O-])c1NC. The van der Waals surface area contributed by atoms with Crippen molar-refractivity contribution in [2.75, 3.05) is 32.5 Å². The van der Waals surface area contributed by atoms with Crippen LogP contribution in [0.15, 0.2) is 18.2 Å². The Morgan fingerprint density at radius 3 is 2.71 bits per heavy atom. The number of anilines is 1. The first-order valence-corrected chi connectivity index (χ1v) is 6.88. The van der Waals surface area contributed by atoms with Crippen molar-refractivity contribution in [2.45, 2.75) is 19.9 Å². The predicted molar refractivity (Wildman–Crippen MR) is 82.3 cm³/mol. The third-order valence-corrected chi connectivity index (χ3v) is 3.00. The van der Waals surface area contributed by atoms with Crippen LogP contribution < -0.4 is 10.6 Å². The Bertz CT molecular complexity index is 505. The van der Waals surface area contributed by atoms with Gasteiger partial charge in [-0.2, -0.15) is 0 Å². The van der Waals surface area contributed by atoms with Crippen LogP contribution in [-0.4, -0.2) is 42.9 Å². The highest BCUT2D eigenvalue weighted by molar-refractivity contribution is 5.78. The standard InChI is InChI=1S/C14H22N4O3/c1-4-8-16-13(19)10-17(3)9-11-6-5-7-12(18(20)21)14(11)15-2/h5-7,15H,4,8-10H2,1-3H3,(H,16,19). The number of likely N-dealkylation sites (N-methyl/N-ethyl adjacent to an activating group) is 1. The summed E-state index contributed by atoms with van der Waals surface area (Å²) in [6, 6.07) is 4.93. The maximum absolute atomic E-state index is 11.7. The van der Waals surface area contributed by atoms with Crippen molar-refractivity contribution in [3.63, 3.8) is 0 Å². The molecule has 0 heterocycles.